The third kappa shape index (κ3) is 5.69. The summed E-state index contributed by atoms with van der Waals surface area (Å²) >= 11 is 1.59. The largest absolute Gasteiger partial charge is 0.270 e. The van der Waals surface area contributed by atoms with E-state index in [4.69, 9.17) is 4.99 Å². The lowest BCUT2D eigenvalue weighted by Crippen LogP contribution is -2.30. The van der Waals surface area contributed by atoms with Gasteiger partial charge in [-0.25, -0.2) is 4.68 Å². The van der Waals surface area contributed by atoms with E-state index in [9.17, 15) is 4.79 Å². The molecule has 5 aromatic carbocycles. The highest BCUT2D eigenvalue weighted by molar-refractivity contribution is 7.12. The van der Waals surface area contributed by atoms with Gasteiger partial charge in [-0.15, -0.1) is 0 Å². The lowest BCUT2D eigenvalue weighted by atomic mass is 9.93. The predicted molar refractivity (Wildman–Crippen MR) is 172 cm³/mol. The second kappa shape index (κ2) is 11.6. The van der Waals surface area contributed by atoms with E-state index in [2.05, 4.69) is 102 Å². The Bertz CT molecular complexity index is 1950. The molecule has 6 aromatic rings. The number of rotatable bonds is 5. The highest BCUT2D eigenvalue weighted by Gasteiger charge is 2.16. The van der Waals surface area contributed by atoms with Crippen molar-refractivity contribution in [3.05, 3.63) is 160 Å². The van der Waals surface area contributed by atoms with E-state index in [1.807, 2.05) is 24.4 Å². The summed E-state index contributed by atoms with van der Waals surface area (Å²) < 4.78 is 1.80. The Balaban J connectivity index is 1.24. The number of aromatic nitrogens is 1. The highest BCUT2D eigenvalue weighted by Crippen LogP contribution is 2.27. The van der Waals surface area contributed by atoms with Crippen LogP contribution < -0.4 is 10.2 Å². The third-order valence-electron chi connectivity index (χ3n) is 7.98. The summed E-state index contributed by atoms with van der Waals surface area (Å²) in [6.45, 7) is 0.535. The van der Waals surface area contributed by atoms with E-state index in [0.717, 1.165) is 57.6 Å². The number of carbonyl (C=O) groups excluding carboxylic acids is 1. The molecule has 0 atom stereocenters. The standard InChI is InChI=1S/C37H31N3OS/c41-36(34-22-28-15-14-26-10-12-27(13-11-26)16-18-31(34)19-17-28)39-40-25-35(33-21-20-30-8-4-5-9-32(30)23-33)42-37(40)38-24-29-6-2-1-3-7-29/h1-13,17,19-23,25H,14-16,18,24H2,(H,39,41). The fourth-order valence-corrected chi connectivity index (χ4v) is 6.50. The van der Waals surface area contributed by atoms with Crippen LogP contribution >= 0.6 is 11.3 Å². The molecule has 1 heterocycles. The van der Waals surface area contributed by atoms with Crippen LogP contribution in [0.3, 0.4) is 0 Å². The van der Waals surface area contributed by atoms with E-state index in [0.29, 0.717) is 6.54 Å². The number of fused-ring (bicyclic) bond motifs is 1. The maximum Gasteiger partial charge on any atom is 0.270 e. The van der Waals surface area contributed by atoms with Crippen LogP contribution in [0.4, 0.5) is 0 Å². The highest BCUT2D eigenvalue weighted by atomic mass is 32.1. The Kier molecular flexibility index (Phi) is 7.25. The summed E-state index contributed by atoms with van der Waals surface area (Å²) in [6, 6.07) is 40.4. The van der Waals surface area contributed by atoms with Gasteiger partial charge in [-0.3, -0.25) is 15.2 Å². The Morgan fingerprint density at radius 1 is 0.714 bits per heavy atom. The van der Waals surface area contributed by atoms with Crippen molar-refractivity contribution in [2.75, 3.05) is 5.43 Å². The molecule has 206 valence electrons. The molecule has 0 saturated carbocycles. The number of benzene rings is 5. The minimum Gasteiger partial charge on any atom is -0.267 e. The van der Waals surface area contributed by atoms with Crippen molar-refractivity contribution in [3.63, 3.8) is 0 Å². The van der Waals surface area contributed by atoms with Crippen LogP contribution in [-0.4, -0.2) is 10.6 Å². The van der Waals surface area contributed by atoms with E-state index in [-0.39, 0.29) is 5.91 Å². The monoisotopic (exact) mass is 565 g/mol. The van der Waals surface area contributed by atoms with Crippen LogP contribution in [0.1, 0.15) is 38.2 Å². The van der Waals surface area contributed by atoms with E-state index < -0.39 is 0 Å². The molecule has 0 unspecified atom stereocenters. The van der Waals surface area contributed by atoms with Gasteiger partial charge in [0.05, 0.1) is 11.4 Å². The molecule has 1 amide bonds. The molecular formula is C37H31N3OS. The predicted octanol–water partition coefficient (Wildman–Crippen LogP) is 7.74. The summed E-state index contributed by atoms with van der Waals surface area (Å²) in [7, 11) is 0. The zero-order chi connectivity index (χ0) is 28.3. The molecule has 0 radical (unpaired) electrons. The Morgan fingerprint density at radius 3 is 2.21 bits per heavy atom. The van der Waals surface area contributed by atoms with Gasteiger partial charge in [-0.1, -0.05) is 114 Å². The quantitative estimate of drug-likeness (QED) is 0.228. The molecule has 4 bridgehead atoms. The minimum absolute atomic E-state index is 0.109. The molecule has 0 aliphatic heterocycles. The molecule has 4 aliphatic rings. The number of nitrogens with one attached hydrogen (secondary N) is 1. The van der Waals surface area contributed by atoms with Gasteiger partial charge in [0.15, 0.2) is 0 Å². The normalized spacial score (nSPS) is 13.2. The second-order valence-electron chi connectivity index (χ2n) is 10.9. The number of thiazole rings is 1. The van der Waals surface area contributed by atoms with Crippen LogP contribution in [0.15, 0.2) is 126 Å². The van der Waals surface area contributed by atoms with Crippen molar-refractivity contribution in [2.24, 2.45) is 4.99 Å². The van der Waals surface area contributed by atoms with Gasteiger partial charge in [-0.2, -0.15) is 0 Å². The number of carbonyl (C=O) groups is 1. The van der Waals surface area contributed by atoms with Gasteiger partial charge < -0.3 is 0 Å². The number of nitrogens with zero attached hydrogens (tertiary/aromatic N) is 2. The molecule has 10 rings (SSSR count). The molecule has 1 aromatic heterocycles. The van der Waals surface area contributed by atoms with E-state index in [1.165, 1.54) is 27.5 Å². The topological polar surface area (TPSA) is 46.4 Å². The Labute approximate surface area is 249 Å². The smallest absolute Gasteiger partial charge is 0.267 e. The summed E-state index contributed by atoms with van der Waals surface area (Å²) in [4.78, 5) is 20.7. The van der Waals surface area contributed by atoms with Crippen LogP contribution in [-0.2, 0) is 32.2 Å². The molecule has 0 saturated heterocycles. The van der Waals surface area contributed by atoms with Gasteiger partial charge >= 0.3 is 0 Å². The third-order valence-corrected chi connectivity index (χ3v) is 9.05. The van der Waals surface area contributed by atoms with Crippen LogP contribution in [0.5, 0.6) is 0 Å². The summed E-state index contributed by atoms with van der Waals surface area (Å²) in [5, 5.41) is 2.39. The SMILES string of the molecule is O=C(Nn1cc(-c2ccc3ccccc3c2)sc1=NCc1ccccc1)c1cc2ccc1CCc1ccc(cc1)CC2. The summed E-state index contributed by atoms with van der Waals surface area (Å²) in [6.07, 6.45) is 5.56. The van der Waals surface area contributed by atoms with E-state index >= 15 is 0 Å². The van der Waals surface area contributed by atoms with E-state index in [1.54, 1.807) is 16.0 Å². The molecule has 0 spiro atoms. The van der Waals surface area contributed by atoms with Gasteiger partial charge in [0.25, 0.3) is 5.91 Å². The Morgan fingerprint density at radius 2 is 1.40 bits per heavy atom. The molecule has 42 heavy (non-hydrogen) atoms. The minimum atomic E-state index is -0.109. The second-order valence-corrected chi connectivity index (χ2v) is 11.9. The number of amides is 1. The molecule has 5 heteroatoms. The zero-order valence-corrected chi connectivity index (χ0v) is 24.1. The summed E-state index contributed by atoms with van der Waals surface area (Å²) in [5.41, 5.74) is 11.0. The first-order valence-electron chi connectivity index (χ1n) is 14.4. The van der Waals surface area contributed by atoms with Crippen molar-refractivity contribution in [1.82, 2.24) is 4.68 Å². The van der Waals surface area contributed by atoms with Crippen molar-refractivity contribution >= 4 is 28.0 Å². The molecular weight excluding hydrogens is 534 g/mol. The average molecular weight is 566 g/mol. The number of hydrogen-bond donors (Lipinski definition) is 1. The molecule has 4 aliphatic carbocycles. The van der Waals surface area contributed by atoms with Crippen molar-refractivity contribution in [2.45, 2.75) is 32.2 Å². The molecule has 4 nitrogen and oxygen atoms in total. The fraction of sp³-hybridized carbons (Fsp3) is 0.135. The maximum atomic E-state index is 13.9. The van der Waals surface area contributed by atoms with Crippen molar-refractivity contribution in [1.29, 1.82) is 0 Å². The zero-order valence-electron chi connectivity index (χ0n) is 23.3. The van der Waals surface area contributed by atoms with Crippen LogP contribution in [0.2, 0.25) is 0 Å². The van der Waals surface area contributed by atoms with Gasteiger partial charge in [-0.05, 0) is 82.0 Å². The van der Waals surface area contributed by atoms with Crippen LogP contribution in [0.25, 0.3) is 21.2 Å². The molecule has 0 fully saturated rings. The molecule has 1 N–H and O–H groups in total. The average Bonchev–Trinajstić information content (AvgIpc) is 3.44. The summed E-state index contributed by atoms with van der Waals surface area (Å²) in [5.74, 6) is -0.109. The fourth-order valence-electron chi connectivity index (χ4n) is 5.57. The van der Waals surface area contributed by atoms with Crippen molar-refractivity contribution < 1.29 is 4.79 Å². The maximum absolute atomic E-state index is 13.9. The number of hydrogen-bond acceptors (Lipinski definition) is 3. The first kappa shape index (κ1) is 26.2. The number of aryl methyl sites for hydroxylation is 4. The van der Waals surface area contributed by atoms with Gasteiger partial charge in [0, 0.05) is 11.8 Å². The lowest BCUT2D eigenvalue weighted by Gasteiger charge is -2.15. The Hall–Kier alpha value is -4.74. The van der Waals surface area contributed by atoms with Gasteiger partial charge in [0.1, 0.15) is 0 Å². The first-order chi connectivity index (χ1) is 20.7. The van der Waals surface area contributed by atoms with Crippen molar-refractivity contribution in [3.8, 4) is 10.4 Å². The van der Waals surface area contributed by atoms with Crippen LogP contribution in [0, 0.1) is 0 Å². The van der Waals surface area contributed by atoms with Gasteiger partial charge in [0.2, 0.25) is 4.80 Å². The first-order valence-corrected chi connectivity index (χ1v) is 15.3. The lowest BCUT2D eigenvalue weighted by molar-refractivity contribution is 0.101.